The third-order valence-electron chi connectivity index (χ3n) is 5.30. The minimum absolute atomic E-state index is 0.725. The van der Waals surface area contributed by atoms with Crippen LogP contribution in [0.5, 0.6) is 0 Å². The second-order valence-electron chi connectivity index (χ2n) is 6.94. The Labute approximate surface area is 144 Å². The lowest BCUT2D eigenvalue weighted by molar-refractivity contribution is 0.124. The highest BCUT2D eigenvalue weighted by Crippen LogP contribution is 2.30. The molecule has 126 valence electrons. The van der Waals surface area contributed by atoms with E-state index in [2.05, 4.69) is 46.5 Å². The van der Waals surface area contributed by atoms with Gasteiger partial charge in [-0.2, -0.15) is 0 Å². The van der Waals surface area contributed by atoms with Crippen LogP contribution in [0.3, 0.4) is 0 Å². The summed E-state index contributed by atoms with van der Waals surface area (Å²) < 4.78 is 0. The molecule has 0 radical (unpaired) electrons. The zero-order chi connectivity index (χ0) is 16.2. The van der Waals surface area contributed by atoms with Crippen LogP contribution in [0.2, 0.25) is 0 Å². The topological polar surface area (TPSA) is 24.8 Å². The normalized spacial score (nSPS) is 19.8. The smallest absolute Gasteiger partial charge is 0.118 e. The maximum atomic E-state index is 5.64. The van der Waals surface area contributed by atoms with E-state index in [0.29, 0.717) is 0 Å². The third-order valence-corrected chi connectivity index (χ3v) is 5.30. The van der Waals surface area contributed by atoms with Gasteiger partial charge in [0.2, 0.25) is 0 Å². The summed E-state index contributed by atoms with van der Waals surface area (Å²) >= 11 is 0. The number of aryl methyl sites for hydroxylation is 1. The lowest BCUT2D eigenvalue weighted by Gasteiger charge is -2.25. The molecule has 2 aromatic rings. The molecular formula is C21H26N2O. The molecule has 0 bridgehead atoms. The Bertz CT molecular complexity index is 732. The van der Waals surface area contributed by atoms with Gasteiger partial charge < -0.3 is 9.74 Å². The van der Waals surface area contributed by atoms with Crippen LogP contribution in [0.1, 0.15) is 43.2 Å². The molecule has 1 fully saturated rings. The highest BCUT2D eigenvalue weighted by Gasteiger charge is 2.20. The fraction of sp³-hybridized carbons (Fsp3) is 0.476. The first-order valence-electron chi connectivity index (χ1n) is 9.34. The van der Waals surface area contributed by atoms with Crippen molar-refractivity contribution in [2.45, 2.75) is 38.5 Å². The van der Waals surface area contributed by atoms with E-state index in [1.54, 1.807) is 0 Å². The summed E-state index contributed by atoms with van der Waals surface area (Å²) in [7, 11) is 0. The number of benzene rings is 2. The molecule has 0 saturated carbocycles. The van der Waals surface area contributed by atoms with Gasteiger partial charge in [0.25, 0.3) is 0 Å². The summed E-state index contributed by atoms with van der Waals surface area (Å²) in [5.74, 6) is 0. The highest BCUT2D eigenvalue weighted by molar-refractivity contribution is 6.08. The number of rotatable bonds is 5. The van der Waals surface area contributed by atoms with Gasteiger partial charge in [-0.05, 0) is 61.5 Å². The van der Waals surface area contributed by atoms with Crippen molar-refractivity contribution in [2.75, 3.05) is 26.2 Å². The largest absolute Gasteiger partial charge is 0.396 e. The molecule has 3 heteroatoms. The van der Waals surface area contributed by atoms with Crippen LogP contribution in [0.4, 0.5) is 0 Å². The standard InChI is InChI=1S/C21H26N2O/c1-4-13-23(14-5-1)15-6-16-24-22-21-12-11-19-18-8-3-2-7-17(18)9-10-20(19)21/h2-3,7-10H,1,4-6,11-16H2/b22-21+. The van der Waals surface area contributed by atoms with Gasteiger partial charge in [0.05, 0.1) is 5.71 Å². The predicted octanol–water partition coefficient (Wildman–Crippen LogP) is 4.38. The Morgan fingerprint density at radius 1 is 0.958 bits per heavy atom. The fourth-order valence-corrected chi connectivity index (χ4v) is 4.01. The molecule has 0 atom stereocenters. The van der Waals surface area contributed by atoms with E-state index >= 15 is 0 Å². The van der Waals surface area contributed by atoms with Gasteiger partial charge in [0.15, 0.2) is 0 Å². The van der Waals surface area contributed by atoms with Gasteiger partial charge in [-0.1, -0.05) is 48.0 Å². The van der Waals surface area contributed by atoms with Crippen LogP contribution in [0.15, 0.2) is 41.6 Å². The van der Waals surface area contributed by atoms with E-state index in [1.165, 1.54) is 54.3 Å². The van der Waals surface area contributed by atoms with Crippen LogP contribution in [-0.2, 0) is 11.3 Å². The van der Waals surface area contributed by atoms with Crippen molar-refractivity contribution < 1.29 is 4.84 Å². The number of nitrogens with zero attached hydrogens (tertiary/aromatic N) is 2. The molecule has 2 aliphatic rings. The molecule has 0 amide bonds. The van der Waals surface area contributed by atoms with Gasteiger partial charge in [-0.3, -0.25) is 0 Å². The first-order chi connectivity index (χ1) is 11.9. The average Bonchev–Trinajstić information content (AvgIpc) is 3.06. The number of piperidine rings is 1. The van der Waals surface area contributed by atoms with Gasteiger partial charge >= 0.3 is 0 Å². The van der Waals surface area contributed by atoms with Crippen molar-refractivity contribution in [1.29, 1.82) is 0 Å². The Hall–Kier alpha value is -1.87. The fourth-order valence-electron chi connectivity index (χ4n) is 4.01. The average molecular weight is 322 g/mol. The Balaban J connectivity index is 1.35. The summed E-state index contributed by atoms with van der Waals surface area (Å²) in [6.45, 7) is 4.39. The van der Waals surface area contributed by atoms with Crippen molar-refractivity contribution in [3.05, 3.63) is 47.5 Å². The number of hydrogen-bond donors (Lipinski definition) is 0. The zero-order valence-corrected chi connectivity index (χ0v) is 14.3. The van der Waals surface area contributed by atoms with E-state index in [-0.39, 0.29) is 0 Å². The van der Waals surface area contributed by atoms with Crippen LogP contribution in [-0.4, -0.2) is 36.9 Å². The van der Waals surface area contributed by atoms with E-state index in [0.717, 1.165) is 38.1 Å². The summed E-state index contributed by atoms with van der Waals surface area (Å²) in [5, 5.41) is 7.14. The summed E-state index contributed by atoms with van der Waals surface area (Å²) in [6, 6.07) is 13.0. The van der Waals surface area contributed by atoms with Crippen molar-refractivity contribution >= 4 is 16.5 Å². The lowest BCUT2D eigenvalue weighted by Crippen LogP contribution is -2.31. The molecule has 1 aliphatic carbocycles. The van der Waals surface area contributed by atoms with Gasteiger partial charge in [0.1, 0.15) is 6.61 Å². The number of oxime groups is 1. The van der Waals surface area contributed by atoms with E-state index in [9.17, 15) is 0 Å². The van der Waals surface area contributed by atoms with Gasteiger partial charge in [-0.25, -0.2) is 0 Å². The second-order valence-corrected chi connectivity index (χ2v) is 6.94. The monoisotopic (exact) mass is 322 g/mol. The molecule has 0 N–H and O–H groups in total. The molecule has 0 aromatic heterocycles. The SMILES string of the molecule is c1ccc2c3c(ccc2c1)/C(=N/OCCCN1CCCCC1)CC3. The molecule has 1 saturated heterocycles. The molecule has 2 aromatic carbocycles. The van der Waals surface area contributed by atoms with Gasteiger partial charge in [-0.15, -0.1) is 0 Å². The van der Waals surface area contributed by atoms with Crippen LogP contribution in [0, 0.1) is 0 Å². The molecule has 3 nitrogen and oxygen atoms in total. The quantitative estimate of drug-likeness (QED) is 0.603. The van der Waals surface area contributed by atoms with Crippen molar-refractivity contribution in [2.24, 2.45) is 5.16 Å². The molecular weight excluding hydrogens is 296 g/mol. The van der Waals surface area contributed by atoms with E-state index < -0.39 is 0 Å². The van der Waals surface area contributed by atoms with Crippen molar-refractivity contribution in [3.8, 4) is 0 Å². The van der Waals surface area contributed by atoms with Crippen LogP contribution >= 0.6 is 0 Å². The molecule has 24 heavy (non-hydrogen) atoms. The molecule has 1 aliphatic heterocycles. The van der Waals surface area contributed by atoms with E-state index in [1.807, 2.05) is 0 Å². The maximum Gasteiger partial charge on any atom is 0.118 e. The van der Waals surface area contributed by atoms with Crippen LogP contribution in [0.25, 0.3) is 10.8 Å². The summed E-state index contributed by atoms with van der Waals surface area (Å²) in [5.41, 5.74) is 3.84. The predicted molar refractivity (Wildman–Crippen MR) is 99.7 cm³/mol. The lowest BCUT2D eigenvalue weighted by atomic mass is 10.0. The van der Waals surface area contributed by atoms with Crippen molar-refractivity contribution in [1.82, 2.24) is 4.90 Å². The first-order valence-corrected chi connectivity index (χ1v) is 9.34. The second kappa shape index (κ2) is 7.35. The molecule has 0 spiro atoms. The maximum absolute atomic E-state index is 5.64. The van der Waals surface area contributed by atoms with Crippen LogP contribution < -0.4 is 0 Å². The Morgan fingerprint density at radius 2 is 1.83 bits per heavy atom. The minimum Gasteiger partial charge on any atom is -0.396 e. The first kappa shape index (κ1) is 15.6. The number of hydrogen-bond acceptors (Lipinski definition) is 3. The molecule has 4 rings (SSSR count). The minimum atomic E-state index is 0.725. The molecule has 0 unspecified atom stereocenters. The third kappa shape index (κ3) is 3.32. The number of fused-ring (bicyclic) bond motifs is 3. The summed E-state index contributed by atoms with van der Waals surface area (Å²) in [6.07, 6.45) is 7.25. The highest BCUT2D eigenvalue weighted by atomic mass is 16.6. The van der Waals surface area contributed by atoms with Crippen molar-refractivity contribution in [3.63, 3.8) is 0 Å². The van der Waals surface area contributed by atoms with Gasteiger partial charge in [0, 0.05) is 12.1 Å². The zero-order valence-electron chi connectivity index (χ0n) is 14.3. The van der Waals surface area contributed by atoms with E-state index in [4.69, 9.17) is 4.84 Å². The Kier molecular flexibility index (Phi) is 4.79. The summed E-state index contributed by atoms with van der Waals surface area (Å²) in [4.78, 5) is 8.19. The molecule has 1 heterocycles. The Morgan fingerprint density at radius 3 is 2.75 bits per heavy atom. The number of likely N-dealkylation sites (tertiary alicyclic amines) is 1.